The van der Waals surface area contributed by atoms with Crippen LogP contribution in [0.15, 0.2) is 4.99 Å². The van der Waals surface area contributed by atoms with Crippen LogP contribution in [0.4, 0.5) is 13.2 Å². The molecule has 0 aromatic heterocycles. The molecule has 0 saturated heterocycles. The fourth-order valence-electron chi connectivity index (χ4n) is 1.24. The average Bonchev–Trinajstić information content (AvgIpc) is 2.28. The highest BCUT2D eigenvalue weighted by Crippen LogP contribution is 2.48. The number of cyclic esters (lactones) is 1. The van der Waals surface area contributed by atoms with Gasteiger partial charge < -0.3 is 4.74 Å². The van der Waals surface area contributed by atoms with Gasteiger partial charge in [0, 0.05) is 5.41 Å². The van der Waals surface area contributed by atoms with Gasteiger partial charge in [-0.25, -0.2) is 9.79 Å². The van der Waals surface area contributed by atoms with Crippen molar-refractivity contribution in [2.45, 2.75) is 32.7 Å². The Balaban J connectivity index is 3.20. The van der Waals surface area contributed by atoms with E-state index < -0.39 is 23.3 Å². The number of aliphatic imine (C=N–C) groups is 1. The predicted molar refractivity (Wildman–Crippen MR) is 42.8 cm³/mol. The average molecular weight is 209 g/mol. The van der Waals surface area contributed by atoms with Gasteiger partial charge in [0.1, 0.15) is 6.21 Å². The van der Waals surface area contributed by atoms with Crippen LogP contribution in [0, 0.1) is 5.41 Å². The van der Waals surface area contributed by atoms with E-state index >= 15 is 0 Å². The van der Waals surface area contributed by atoms with Crippen LogP contribution < -0.4 is 0 Å². The molecule has 0 radical (unpaired) electrons. The number of nitrogens with zero attached hydrogens (tertiary/aromatic N) is 1. The minimum Gasteiger partial charge on any atom is -0.422 e. The summed E-state index contributed by atoms with van der Waals surface area (Å²) in [5, 5.41) is 0. The van der Waals surface area contributed by atoms with Gasteiger partial charge in [0.05, 0.1) is 0 Å². The first-order valence-electron chi connectivity index (χ1n) is 3.95. The molecule has 3 nitrogen and oxygen atoms in total. The molecule has 0 spiro atoms. The number of rotatable bonds is 0. The molecule has 1 heterocycles. The standard InChI is InChI=1S/C8H10F3NO2/c1-6(2,3)7(8(9,10)11)12-4-5(13)14-7/h4H,1-3H3. The molecule has 1 aliphatic rings. The second kappa shape index (κ2) is 2.71. The molecule has 0 aliphatic carbocycles. The van der Waals surface area contributed by atoms with Crippen molar-refractivity contribution in [1.29, 1.82) is 0 Å². The molecule has 0 amide bonds. The van der Waals surface area contributed by atoms with Gasteiger partial charge >= 0.3 is 17.9 Å². The van der Waals surface area contributed by atoms with E-state index in [1.54, 1.807) is 0 Å². The summed E-state index contributed by atoms with van der Waals surface area (Å²) in [5.74, 6) is -1.06. The molecular formula is C8H10F3NO2. The van der Waals surface area contributed by atoms with Gasteiger partial charge in [0.25, 0.3) is 0 Å². The van der Waals surface area contributed by atoms with E-state index in [-0.39, 0.29) is 0 Å². The Morgan fingerprint density at radius 2 is 1.86 bits per heavy atom. The SMILES string of the molecule is CC(C)(C)C1(C(F)(F)F)N=CC(=O)O1. The van der Waals surface area contributed by atoms with Crippen molar-refractivity contribution in [3.8, 4) is 0 Å². The number of hydrogen-bond acceptors (Lipinski definition) is 3. The fourth-order valence-corrected chi connectivity index (χ4v) is 1.24. The number of alkyl halides is 3. The lowest BCUT2D eigenvalue weighted by Crippen LogP contribution is -2.54. The number of carbonyl (C=O) groups excluding carboxylic acids is 1. The lowest BCUT2D eigenvalue weighted by molar-refractivity contribution is -0.290. The van der Waals surface area contributed by atoms with Crippen LogP contribution in [-0.4, -0.2) is 24.1 Å². The van der Waals surface area contributed by atoms with E-state index in [0.717, 1.165) is 0 Å². The summed E-state index contributed by atoms with van der Waals surface area (Å²) >= 11 is 0. The molecule has 0 fully saturated rings. The second-order valence-corrected chi connectivity index (χ2v) is 4.07. The molecule has 0 saturated carbocycles. The summed E-state index contributed by atoms with van der Waals surface area (Å²) in [4.78, 5) is 13.8. The van der Waals surface area contributed by atoms with Crippen LogP contribution in [0.3, 0.4) is 0 Å². The van der Waals surface area contributed by atoms with Crippen LogP contribution in [0.5, 0.6) is 0 Å². The molecule has 1 atom stereocenters. The zero-order valence-corrected chi connectivity index (χ0v) is 7.97. The first kappa shape index (κ1) is 11.0. The first-order chi connectivity index (χ1) is 6.10. The monoisotopic (exact) mass is 209 g/mol. The highest BCUT2D eigenvalue weighted by Gasteiger charge is 2.67. The second-order valence-electron chi connectivity index (χ2n) is 4.07. The van der Waals surface area contributed by atoms with Gasteiger partial charge in [-0.15, -0.1) is 0 Å². The summed E-state index contributed by atoms with van der Waals surface area (Å²) in [6, 6.07) is 0. The summed E-state index contributed by atoms with van der Waals surface area (Å²) in [5.41, 5.74) is -4.06. The number of esters is 1. The van der Waals surface area contributed by atoms with E-state index in [2.05, 4.69) is 9.73 Å². The number of halogens is 3. The normalized spacial score (nSPS) is 28.0. The molecule has 0 bridgehead atoms. The molecule has 0 aromatic rings. The number of ether oxygens (including phenoxy) is 1. The Morgan fingerprint density at radius 1 is 1.36 bits per heavy atom. The lowest BCUT2D eigenvalue weighted by Gasteiger charge is -2.38. The zero-order valence-electron chi connectivity index (χ0n) is 7.97. The topological polar surface area (TPSA) is 38.7 Å². The molecular weight excluding hydrogens is 199 g/mol. The highest BCUT2D eigenvalue weighted by molar-refractivity contribution is 6.24. The molecule has 80 valence electrons. The summed E-state index contributed by atoms with van der Waals surface area (Å²) in [6.45, 7) is 3.95. The smallest absolute Gasteiger partial charge is 0.422 e. The van der Waals surface area contributed by atoms with Crippen molar-refractivity contribution < 1.29 is 22.7 Å². The summed E-state index contributed by atoms with van der Waals surface area (Å²) in [6.07, 6.45) is -4.13. The number of hydrogen-bond donors (Lipinski definition) is 0. The Morgan fingerprint density at radius 3 is 2.00 bits per heavy atom. The minimum absolute atomic E-state index is 0.568. The molecule has 1 unspecified atom stereocenters. The lowest BCUT2D eigenvalue weighted by atomic mass is 9.83. The van der Waals surface area contributed by atoms with E-state index in [9.17, 15) is 18.0 Å². The van der Waals surface area contributed by atoms with Crippen molar-refractivity contribution in [1.82, 2.24) is 0 Å². The van der Waals surface area contributed by atoms with E-state index in [0.29, 0.717) is 6.21 Å². The third-order valence-electron chi connectivity index (χ3n) is 2.00. The molecule has 0 N–H and O–H groups in total. The quantitative estimate of drug-likeness (QED) is 0.571. The Hall–Kier alpha value is -1.07. The maximum Gasteiger partial charge on any atom is 0.451 e. The number of carbonyl (C=O) groups is 1. The molecule has 0 aromatic carbocycles. The molecule has 14 heavy (non-hydrogen) atoms. The Bertz CT molecular complexity index is 274. The van der Waals surface area contributed by atoms with Crippen LogP contribution in [0.2, 0.25) is 0 Å². The summed E-state index contributed by atoms with van der Waals surface area (Å²) < 4.78 is 42.4. The third-order valence-corrected chi connectivity index (χ3v) is 2.00. The van der Waals surface area contributed by atoms with Crippen LogP contribution >= 0.6 is 0 Å². The molecule has 1 rings (SSSR count). The van der Waals surface area contributed by atoms with Gasteiger partial charge in [-0.1, -0.05) is 20.8 Å². The van der Waals surface area contributed by atoms with Gasteiger partial charge in [0.2, 0.25) is 0 Å². The molecule has 6 heteroatoms. The van der Waals surface area contributed by atoms with Crippen molar-refractivity contribution in [3.63, 3.8) is 0 Å². The first-order valence-corrected chi connectivity index (χ1v) is 3.95. The predicted octanol–water partition coefficient (Wildman–Crippen LogP) is 1.92. The fraction of sp³-hybridized carbons (Fsp3) is 0.750. The van der Waals surface area contributed by atoms with Crippen molar-refractivity contribution in [2.24, 2.45) is 10.4 Å². The summed E-state index contributed by atoms with van der Waals surface area (Å²) in [7, 11) is 0. The highest BCUT2D eigenvalue weighted by atomic mass is 19.4. The Labute approximate surface area is 79.0 Å². The van der Waals surface area contributed by atoms with Crippen molar-refractivity contribution in [3.05, 3.63) is 0 Å². The van der Waals surface area contributed by atoms with E-state index in [1.165, 1.54) is 20.8 Å². The van der Waals surface area contributed by atoms with Gasteiger partial charge in [-0.2, -0.15) is 13.2 Å². The Kier molecular flexibility index (Phi) is 2.13. The van der Waals surface area contributed by atoms with E-state index in [1.807, 2.05) is 0 Å². The van der Waals surface area contributed by atoms with Gasteiger partial charge in [0.15, 0.2) is 0 Å². The maximum atomic E-state index is 12.7. The van der Waals surface area contributed by atoms with E-state index in [4.69, 9.17) is 0 Å². The van der Waals surface area contributed by atoms with Crippen molar-refractivity contribution in [2.75, 3.05) is 0 Å². The van der Waals surface area contributed by atoms with Crippen LogP contribution in [-0.2, 0) is 9.53 Å². The van der Waals surface area contributed by atoms with Gasteiger partial charge in [-0.05, 0) is 0 Å². The molecule has 1 aliphatic heterocycles. The minimum atomic E-state index is -4.70. The van der Waals surface area contributed by atoms with Gasteiger partial charge in [-0.3, -0.25) is 0 Å². The maximum absolute atomic E-state index is 12.7. The van der Waals surface area contributed by atoms with Crippen LogP contribution in [0.25, 0.3) is 0 Å². The third kappa shape index (κ3) is 1.38. The largest absolute Gasteiger partial charge is 0.451 e. The van der Waals surface area contributed by atoms with Crippen LogP contribution in [0.1, 0.15) is 20.8 Å². The van der Waals surface area contributed by atoms with Crippen molar-refractivity contribution >= 4 is 12.2 Å². The zero-order chi connectivity index (χ0) is 11.2.